The molecule has 3 rings (SSSR count). The Morgan fingerprint density at radius 3 is 2.74 bits per heavy atom. The third-order valence-corrected chi connectivity index (χ3v) is 4.81. The third-order valence-electron chi connectivity index (χ3n) is 4.81. The number of rotatable bonds is 6. The minimum atomic E-state index is 0.530. The van der Waals surface area contributed by atoms with Crippen LogP contribution in [-0.4, -0.2) is 48.6 Å². The number of likely N-dealkylation sites (tertiary alicyclic amines) is 1. The minimum Gasteiger partial charge on any atom is -0.356 e. The normalized spacial score (nSPS) is 20.5. The van der Waals surface area contributed by atoms with Gasteiger partial charge in [0.05, 0.1) is 5.69 Å². The molecule has 2 heterocycles. The van der Waals surface area contributed by atoms with E-state index in [0.29, 0.717) is 6.04 Å². The van der Waals surface area contributed by atoms with E-state index in [9.17, 15) is 0 Å². The first-order valence-electron chi connectivity index (χ1n) is 8.93. The Morgan fingerprint density at radius 2 is 2.09 bits per heavy atom. The lowest BCUT2D eigenvalue weighted by Crippen LogP contribution is -2.48. The molecule has 126 valence electrons. The molecule has 1 aliphatic heterocycles. The molecule has 1 saturated heterocycles. The standard InChI is InChI=1S/C18H29N5/c1-19-18(21-11-7-15-5-6-15)22-16-8-12-23(13-9-16)14-17-4-2-3-10-20-17/h2-4,10,15-16H,5-9,11-14H2,1H3,(H2,19,21,22). The summed E-state index contributed by atoms with van der Waals surface area (Å²) in [6, 6.07) is 6.67. The zero-order valence-corrected chi connectivity index (χ0v) is 14.2. The van der Waals surface area contributed by atoms with Crippen molar-refractivity contribution in [3.63, 3.8) is 0 Å². The van der Waals surface area contributed by atoms with Gasteiger partial charge in [0.25, 0.3) is 0 Å². The largest absolute Gasteiger partial charge is 0.356 e. The number of hydrogen-bond donors (Lipinski definition) is 2. The van der Waals surface area contributed by atoms with E-state index in [1.807, 2.05) is 19.3 Å². The molecule has 1 aliphatic carbocycles. The van der Waals surface area contributed by atoms with Crippen LogP contribution in [0.1, 0.15) is 37.8 Å². The van der Waals surface area contributed by atoms with Gasteiger partial charge in [0.15, 0.2) is 5.96 Å². The summed E-state index contributed by atoms with van der Waals surface area (Å²) in [6.07, 6.45) is 8.32. The van der Waals surface area contributed by atoms with Crippen LogP contribution in [0.25, 0.3) is 0 Å². The van der Waals surface area contributed by atoms with Gasteiger partial charge >= 0.3 is 0 Å². The van der Waals surface area contributed by atoms with E-state index in [2.05, 4.69) is 37.6 Å². The van der Waals surface area contributed by atoms with Crippen LogP contribution in [0.3, 0.4) is 0 Å². The van der Waals surface area contributed by atoms with Crippen molar-refractivity contribution >= 4 is 5.96 Å². The Morgan fingerprint density at radius 1 is 1.26 bits per heavy atom. The van der Waals surface area contributed by atoms with Gasteiger partial charge in [-0.1, -0.05) is 18.9 Å². The molecule has 0 unspecified atom stereocenters. The first-order valence-corrected chi connectivity index (χ1v) is 8.93. The van der Waals surface area contributed by atoms with Crippen LogP contribution in [0.5, 0.6) is 0 Å². The summed E-state index contributed by atoms with van der Waals surface area (Å²) in [7, 11) is 1.86. The van der Waals surface area contributed by atoms with Crippen molar-refractivity contribution in [3.05, 3.63) is 30.1 Å². The topological polar surface area (TPSA) is 52.6 Å². The highest BCUT2D eigenvalue weighted by Gasteiger charge is 2.22. The second kappa shape index (κ2) is 8.29. The maximum atomic E-state index is 4.42. The molecule has 2 N–H and O–H groups in total. The molecule has 2 fully saturated rings. The number of guanidine groups is 1. The Kier molecular flexibility index (Phi) is 5.86. The number of pyridine rings is 1. The first kappa shape index (κ1) is 16.2. The summed E-state index contributed by atoms with van der Waals surface area (Å²) in [5.41, 5.74) is 1.16. The molecule has 1 aromatic rings. The SMILES string of the molecule is CN=C(NCCC1CC1)NC1CCN(Cc2ccccn2)CC1. The minimum absolute atomic E-state index is 0.530. The lowest BCUT2D eigenvalue weighted by atomic mass is 10.0. The molecule has 2 aliphatic rings. The molecular weight excluding hydrogens is 286 g/mol. The van der Waals surface area contributed by atoms with Gasteiger partial charge in [-0.3, -0.25) is 14.9 Å². The highest BCUT2D eigenvalue weighted by atomic mass is 15.2. The Hall–Kier alpha value is -1.62. The van der Waals surface area contributed by atoms with Crippen molar-refractivity contribution in [3.8, 4) is 0 Å². The van der Waals surface area contributed by atoms with Crippen LogP contribution < -0.4 is 10.6 Å². The number of aromatic nitrogens is 1. The van der Waals surface area contributed by atoms with Crippen LogP contribution in [0.2, 0.25) is 0 Å². The lowest BCUT2D eigenvalue weighted by molar-refractivity contribution is 0.196. The Balaban J connectivity index is 1.36. The summed E-state index contributed by atoms with van der Waals surface area (Å²) in [5.74, 6) is 1.93. The van der Waals surface area contributed by atoms with Gasteiger partial charge in [-0.25, -0.2) is 0 Å². The summed E-state index contributed by atoms with van der Waals surface area (Å²) in [4.78, 5) is 11.3. The van der Waals surface area contributed by atoms with Crippen LogP contribution in [0, 0.1) is 5.92 Å². The van der Waals surface area contributed by atoms with Gasteiger partial charge in [-0.15, -0.1) is 0 Å². The van der Waals surface area contributed by atoms with E-state index >= 15 is 0 Å². The van der Waals surface area contributed by atoms with Gasteiger partial charge in [0.2, 0.25) is 0 Å². The molecule has 0 radical (unpaired) electrons. The van der Waals surface area contributed by atoms with Gasteiger partial charge < -0.3 is 10.6 Å². The second-order valence-electron chi connectivity index (χ2n) is 6.75. The molecule has 0 aromatic carbocycles. The molecule has 1 aromatic heterocycles. The lowest BCUT2D eigenvalue weighted by Gasteiger charge is -2.32. The van der Waals surface area contributed by atoms with Crippen molar-refractivity contribution in [1.29, 1.82) is 0 Å². The van der Waals surface area contributed by atoms with E-state index < -0.39 is 0 Å². The van der Waals surface area contributed by atoms with Gasteiger partial charge in [-0.05, 0) is 37.3 Å². The van der Waals surface area contributed by atoms with E-state index in [4.69, 9.17) is 0 Å². The highest BCUT2D eigenvalue weighted by molar-refractivity contribution is 5.79. The van der Waals surface area contributed by atoms with E-state index in [-0.39, 0.29) is 0 Å². The smallest absolute Gasteiger partial charge is 0.191 e. The van der Waals surface area contributed by atoms with E-state index in [1.165, 1.54) is 19.3 Å². The van der Waals surface area contributed by atoms with Gasteiger partial charge in [0, 0.05) is 45.5 Å². The zero-order valence-electron chi connectivity index (χ0n) is 14.2. The Bertz CT molecular complexity index is 489. The molecule has 5 heteroatoms. The number of nitrogens with one attached hydrogen (secondary N) is 2. The van der Waals surface area contributed by atoms with Gasteiger partial charge in [0.1, 0.15) is 0 Å². The van der Waals surface area contributed by atoms with Crippen molar-refractivity contribution in [1.82, 2.24) is 20.5 Å². The summed E-state index contributed by atoms with van der Waals surface area (Å²) < 4.78 is 0. The predicted octanol–water partition coefficient (Wildman–Crippen LogP) is 2.01. The molecule has 1 saturated carbocycles. The number of hydrogen-bond acceptors (Lipinski definition) is 3. The summed E-state index contributed by atoms with van der Waals surface area (Å²) >= 11 is 0. The first-order chi connectivity index (χ1) is 11.3. The zero-order chi connectivity index (χ0) is 15.9. The van der Waals surface area contributed by atoms with Crippen LogP contribution in [0.4, 0.5) is 0 Å². The molecule has 0 amide bonds. The Labute approximate surface area is 139 Å². The highest BCUT2D eigenvalue weighted by Crippen LogP contribution is 2.31. The average Bonchev–Trinajstić information content (AvgIpc) is 3.41. The fraction of sp³-hybridized carbons (Fsp3) is 0.667. The monoisotopic (exact) mass is 315 g/mol. The third kappa shape index (κ3) is 5.50. The molecule has 0 bridgehead atoms. The van der Waals surface area contributed by atoms with Crippen molar-refractivity contribution in [2.45, 2.75) is 44.7 Å². The van der Waals surface area contributed by atoms with Crippen molar-refractivity contribution in [2.75, 3.05) is 26.7 Å². The molecule has 23 heavy (non-hydrogen) atoms. The fourth-order valence-electron chi connectivity index (χ4n) is 3.15. The maximum Gasteiger partial charge on any atom is 0.191 e. The maximum absolute atomic E-state index is 4.42. The quantitative estimate of drug-likeness (QED) is 0.623. The number of piperidine rings is 1. The number of nitrogens with zero attached hydrogens (tertiary/aromatic N) is 3. The van der Waals surface area contributed by atoms with Crippen LogP contribution in [0.15, 0.2) is 29.4 Å². The van der Waals surface area contributed by atoms with Crippen molar-refractivity contribution in [2.24, 2.45) is 10.9 Å². The van der Waals surface area contributed by atoms with Crippen LogP contribution >= 0.6 is 0 Å². The molecule has 0 spiro atoms. The fourth-order valence-corrected chi connectivity index (χ4v) is 3.15. The molecule has 0 atom stereocenters. The van der Waals surface area contributed by atoms with E-state index in [0.717, 1.165) is 56.6 Å². The van der Waals surface area contributed by atoms with Crippen LogP contribution in [-0.2, 0) is 6.54 Å². The summed E-state index contributed by atoms with van der Waals surface area (Å²) in [6.45, 7) is 4.24. The molecule has 5 nitrogen and oxygen atoms in total. The van der Waals surface area contributed by atoms with Gasteiger partial charge in [-0.2, -0.15) is 0 Å². The predicted molar refractivity (Wildman–Crippen MR) is 94.4 cm³/mol. The molecular formula is C18H29N5. The number of aliphatic imine (C=N–C) groups is 1. The average molecular weight is 315 g/mol. The summed E-state index contributed by atoms with van der Waals surface area (Å²) in [5, 5.41) is 7.04. The van der Waals surface area contributed by atoms with E-state index in [1.54, 1.807) is 0 Å². The second-order valence-corrected chi connectivity index (χ2v) is 6.75. The van der Waals surface area contributed by atoms with Crippen molar-refractivity contribution < 1.29 is 0 Å².